The Balaban J connectivity index is 3.01. The van der Waals surface area contributed by atoms with Crippen LogP contribution in [0.5, 0.6) is 0 Å². The van der Waals surface area contributed by atoms with Crippen LogP contribution in [0.3, 0.4) is 0 Å². The molecule has 1 aromatic rings. The summed E-state index contributed by atoms with van der Waals surface area (Å²) in [7, 11) is 0. The van der Waals surface area contributed by atoms with Gasteiger partial charge < -0.3 is 4.52 Å². The van der Waals surface area contributed by atoms with E-state index in [-0.39, 0.29) is 0 Å². The summed E-state index contributed by atoms with van der Waals surface area (Å²) in [4.78, 5) is 0. The molecule has 0 aliphatic heterocycles. The molecule has 0 saturated heterocycles. The quantitative estimate of drug-likeness (QED) is 0.627. The molecule has 56 valence electrons. The van der Waals surface area contributed by atoms with Gasteiger partial charge in [-0.3, -0.25) is 0 Å². The predicted octanol–water partition coefficient (Wildman–Crippen LogP) is 2.11. The van der Waals surface area contributed by atoms with Crippen molar-refractivity contribution in [3.8, 4) is 0 Å². The Labute approximate surface area is 61.2 Å². The van der Waals surface area contributed by atoms with Gasteiger partial charge >= 0.3 is 0 Å². The molecule has 0 bridgehead atoms. The molecule has 2 heteroatoms. The van der Waals surface area contributed by atoms with E-state index in [1.54, 1.807) is 0 Å². The molecule has 2 nitrogen and oxygen atoms in total. The van der Waals surface area contributed by atoms with E-state index >= 15 is 0 Å². The average Bonchev–Trinajstić information content (AvgIpc) is 2.30. The number of hydrogen-bond donors (Lipinski definition) is 0. The van der Waals surface area contributed by atoms with Crippen LogP contribution in [-0.2, 0) is 12.8 Å². The molecule has 10 heavy (non-hydrogen) atoms. The molecule has 0 aliphatic carbocycles. The van der Waals surface area contributed by atoms with Crippen molar-refractivity contribution in [2.45, 2.75) is 33.6 Å². The number of aryl methyl sites for hydroxylation is 2. The van der Waals surface area contributed by atoms with E-state index in [0.29, 0.717) is 0 Å². The van der Waals surface area contributed by atoms with Gasteiger partial charge in [-0.05, 0) is 13.3 Å². The first-order valence-corrected chi connectivity index (χ1v) is 3.73. The van der Waals surface area contributed by atoms with Crippen LogP contribution in [-0.4, -0.2) is 5.16 Å². The predicted molar refractivity (Wildman–Crippen MR) is 40.0 cm³/mol. The lowest BCUT2D eigenvalue weighted by atomic mass is 10.1. The molecule has 1 rings (SSSR count). The van der Waals surface area contributed by atoms with Crippen LogP contribution >= 0.6 is 0 Å². The highest BCUT2D eigenvalue weighted by molar-refractivity contribution is 5.21. The van der Waals surface area contributed by atoms with Gasteiger partial charge in [0.25, 0.3) is 0 Å². The number of hydrogen-bond acceptors (Lipinski definition) is 2. The molecule has 0 saturated carbocycles. The van der Waals surface area contributed by atoms with E-state index < -0.39 is 0 Å². The standard InChI is InChI=1S/C8H13NO/c1-4-7-6(3)9-10-8(7)5-2/h4-5H2,1-3H3. The molecular formula is C8H13NO. The van der Waals surface area contributed by atoms with E-state index in [1.165, 1.54) is 5.56 Å². The largest absolute Gasteiger partial charge is 0.361 e. The Morgan fingerprint density at radius 3 is 2.40 bits per heavy atom. The van der Waals surface area contributed by atoms with E-state index in [9.17, 15) is 0 Å². The van der Waals surface area contributed by atoms with Gasteiger partial charge in [-0.15, -0.1) is 0 Å². The van der Waals surface area contributed by atoms with Crippen molar-refractivity contribution in [1.82, 2.24) is 5.16 Å². The number of rotatable bonds is 2. The third-order valence-electron chi connectivity index (χ3n) is 1.74. The van der Waals surface area contributed by atoms with Gasteiger partial charge in [0.15, 0.2) is 0 Å². The molecule has 0 aliphatic rings. The van der Waals surface area contributed by atoms with Crippen molar-refractivity contribution in [1.29, 1.82) is 0 Å². The Hall–Kier alpha value is -0.790. The lowest BCUT2D eigenvalue weighted by molar-refractivity contribution is 0.382. The third kappa shape index (κ3) is 1.06. The maximum Gasteiger partial charge on any atom is 0.139 e. The van der Waals surface area contributed by atoms with Gasteiger partial charge in [0, 0.05) is 12.0 Å². The fourth-order valence-corrected chi connectivity index (χ4v) is 1.17. The van der Waals surface area contributed by atoms with Crippen LogP contribution < -0.4 is 0 Å². The maximum absolute atomic E-state index is 5.09. The highest BCUT2D eigenvalue weighted by Crippen LogP contribution is 2.13. The molecule has 0 spiro atoms. The minimum absolute atomic E-state index is 0.948. The van der Waals surface area contributed by atoms with Crippen molar-refractivity contribution >= 4 is 0 Å². The molecule has 0 atom stereocenters. The average molecular weight is 139 g/mol. The first-order valence-electron chi connectivity index (χ1n) is 3.73. The maximum atomic E-state index is 5.09. The minimum Gasteiger partial charge on any atom is -0.361 e. The molecule has 0 fully saturated rings. The fourth-order valence-electron chi connectivity index (χ4n) is 1.17. The van der Waals surface area contributed by atoms with Crippen LogP contribution in [0.15, 0.2) is 4.52 Å². The van der Waals surface area contributed by atoms with Crippen molar-refractivity contribution < 1.29 is 4.52 Å². The molecule has 0 aromatic carbocycles. The second-order valence-corrected chi connectivity index (χ2v) is 2.38. The van der Waals surface area contributed by atoms with E-state index in [1.807, 2.05) is 6.92 Å². The normalized spacial score (nSPS) is 10.3. The number of aromatic nitrogens is 1. The molecule has 1 aromatic heterocycles. The Kier molecular flexibility index (Phi) is 2.10. The van der Waals surface area contributed by atoms with Gasteiger partial charge in [0.1, 0.15) is 5.76 Å². The molecule has 0 unspecified atom stereocenters. The molecule has 0 N–H and O–H groups in total. The highest BCUT2D eigenvalue weighted by Gasteiger charge is 2.07. The molecule has 0 amide bonds. The first kappa shape index (κ1) is 7.32. The van der Waals surface area contributed by atoms with Crippen molar-refractivity contribution in [2.75, 3.05) is 0 Å². The third-order valence-corrected chi connectivity index (χ3v) is 1.74. The summed E-state index contributed by atoms with van der Waals surface area (Å²) < 4.78 is 5.09. The van der Waals surface area contributed by atoms with Crippen molar-refractivity contribution in [3.63, 3.8) is 0 Å². The molecule has 0 radical (unpaired) electrons. The lowest BCUT2D eigenvalue weighted by Crippen LogP contribution is -1.86. The summed E-state index contributed by atoms with van der Waals surface area (Å²) in [6, 6.07) is 0. The van der Waals surface area contributed by atoms with Gasteiger partial charge in [-0.2, -0.15) is 0 Å². The highest BCUT2D eigenvalue weighted by atomic mass is 16.5. The Bertz CT molecular complexity index is 215. The summed E-state index contributed by atoms with van der Waals surface area (Å²) in [6.07, 6.45) is 1.97. The van der Waals surface area contributed by atoms with Gasteiger partial charge in [-0.1, -0.05) is 19.0 Å². The second kappa shape index (κ2) is 2.86. The monoisotopic (exact) mass is 139 g/mol. The second-order valence-electron chi connectivity index (χ2n) is 2.38. The summed E-state index contributed by atoms with van der Waals surface area (Å²) in [5, 5.41) is 3.88. The Morgan fingerprint density at radius 1 is 1.30 bits per heavy atom. The summed E-state index contributed by atoms with van der Waals surface area (Å²) in [6.45, 7) is 6.19. The van der Waals surface area contributed by atoms with Crippen LogP contribution in [0.2, 0.25) is 0 Å². The zero-order valence-electron chi connectivity index (χ0n) is 6.77. The zero-order valence-corrected chi connectivity index (χ0v) is 6.77. The van der Waals surface area contributed by atoms with Crippen LogP contribution in [0, 0.1) is 6.92 Å². The van der Waals surface area contributed by atoms with Crippen molar-refractivity contribution in [3.05, 3.63) is 17.0 Å². The lowest BCUT2D eigenvalue weighted by Gasteiger charge is -1.92. The van der Waals surface area contributed by atoms with E-state index in [2.05, 4.69) is 19.0 Å². The van der Waals surface area contributed by atoms with Gasteiger partial charge in [0.2, 0.25) is 0 Å². The van der Waals surface area contributed by atoms with E-state index in [4.69, 9.17) is 4.52 Å². The van der Waals surface area contributed by atoms with Crippen LogP contribution in [0.1, 0.15) is 30.9 Å². The smallest absolute Gasteiger partial charge is 0.139 e. The van der Waals surface area contributed by atoms with E-state index in [0.717, 1.165) is 24.3 Å². The zero-order chi connectivity index (χ0) is 7.56. The molecular weight excluding hydrogens is 126 g/mol. The van der Waals surface area contributed by atoms with Crippen LogP contribution in [0.4, 0.5) is 0 Å². The number of nitrogens with zero attached hydrogens (tertiary/aromatic N) is 1. The first-order chi connectivity index (χ1) is 4.79. The van der Waals surface area contributed by atoms with Crippen molar-refractivity contribution in [2.24, 2.45) is 0 Å². The molecule has 1 heterocycles. The Morgan fingerprint density at radius 2 is 2.00 bits per heavy atom. The topological polar surface area (TPSA) is 26.0 Å². The minimum atomic E-state index is 0.948. The van der Waals surface area contributed by atoms with Gasteiger partial charge in [-0.25, -0.2) is 0 Å². The van der Waals surface area contributed by atoms with Crippen LogP contribution in [0.25, 0.3) is 0 Å². The summed E-state index contributed by atoms with van der Waals surface area (Å²) >= 11 is 0. The summed E-state index contributed by atoms with van der Waals surface area (Å²) in [5.41, 5.74) is 2.32. The summed E-state index contributed by atoms with van der Waals surface area (Å²) in [5.74, 6) is 1.04. The SMILES string of the molecule is CCc1onc(C)c1CC. The fraction of sp³-hybridized carbons (Fsp3) is 0.625. The van der Waals surface area contributed by atoms with Gasteiger partial charge in [0.05, 0.1) is 5.69 Å².